The monoisotopic (exact) mass is 706 g/mol. The van der Waals surface area contributed by atoms with E-state index >= 15 is 0 Å². The van der Waals surface area contributed by atoms with Crippen LogP contribution in [-0.2, 0) is 22.9 Å². The van der Waals surface area contributed by atoms with E-state index in [0.717, 1.165) is 0 Å². The second kappa shape index (κ2) is 16.7. The van der Waals surface area contributed by atoms with Crippen LogP contribution in [-0.4, -0.2) is 79.2 Å². The van der Waals surface area contributed by atoms with Crippen LogP contribution < -0.4 is 16.0 Å². The van der Waals surface area contributed by atoms with Gasteiger partial charge in [-0.2, -0.15) is 5.26 Å². The maximum absolute atomic E-state index is 13.3. The first-order valence-electron chi connectivity index (χ1n) is 16.1. The number of nitrogens with zero attached hydrogens (tertiary/aromatic N) is 3. The van der Waals surface area contributed by atoms with Crippen LogP contribution in [0.5, 0.6) is 5.75 Å². The molecule has 1 aromatic heterocycles. The first-order valence-corrected chi connectivity index (χ1v) is 20.2. The van der Waals surface area contributed by atoms with Crippen LogP contribution in [0.1, 0.15) is 77.0 Å². The van der Waals surface area contributed by atoms with Gasteiger partial charge in [0, 0.05) is 23.8 Å². The van der Waals surface area contributed by atoms with Crippen molar-refractivity contribution in [3.05, 3.63) is 62.4 Å². The van der Waals surface area contributed by atoms with Gasteiger partial charge in [-0.15, -0.1) is 0 Å². The van der Waals surface area contributed by atoms with E-state index < -0.39 is 58.6 Å². The number of nitriles is 1. The first-order chi connectivity index (χ1) is 22.4. The molecule has 0 bridgehead atoms. The summed E-state index contributed by atoms with van der Waals surface area (Å²) in [5, 5.41) is 9.02. The minimum atomic E-state index is -2.57. The standard InChI is InChI=1S/C33H51N4O9PSi/c1-21(2)37(22(3)4)47(43-18-12-17-34)45-27-26(20-42-31(39)24-13-15-25(41-9)16-14-24)44-30(28(27)46-48(10,11)33(6,7)8)36-19-23(5)29(38)35-32(36)40/h13-16,19,21-22,26-28,30H,12,18,20H2,1-11H3,(H,35,38,40)/t26-,27+,28?,30-,47?/m1/s1. The lowest BCUT2D eigenvalue weighted by Gasteiger charge is -2.42. The summed E-state index contributed by atoms with van der Waals surface area (Å²) in [7, 11) is -2.83. The molecule has 1 N–H and O–H groups in total. The van der Waals surface area contributed by atoms with Crippen molar-refractivity contribution in [2.45, 2.75) is 117 Å². The molecule has 1 aliphatic heterocycles. The van der Waals surface area contributed by atoms with E-state index in [1.54, 1.807) is 31.2 Å². The summed E-state index contributed by atoms with van der Waals surface area (Å²) < 4.78 is 41.1. The van der Waals surface area contributed by atoms with Gasteiger partial charge in [0.1, 0.15) is 30.7 Å². The van der Waals surface area contributed by atoms with Gasteiger partial charge in [0.25, 0.3) is 14.1 Å². The van der Waals surface area contributed by atoms with Crippen LogP contribution >= 0.6 is 8.53 Å². The lowest BCUT2D eigenvalue weighted by atomic mass is 10.1. The number of nitrogens with one attached hydrogen (secondary N) is 1. The van der Waals surface area contributed by atoms with Crippen molar-refractivity contribution < 1.29 is 32.5 Å². The second-order valence-corrected chi connectivity index (χ2v) is 20.0. The molecule has 0 saturated carbocycles. The summed E-state index contributed by atoms with van der Waals surface area (Å²) in [6.07, 6.45) is -2.10. The number of esters is 1. The van der Waals surface area contributed by atoms with Gasteiger partial charge in [-0.3, -0.25) is 14.3 Å². The number of aryl methyl sites for hydroxylation is 1. The fraction of sp³-hybridized carbons (Fsp3) is 0.636. The normalized spacial score (nSPS) is 20.7. The van der Waals surface area contributed by atoms with Gasteiger partial charge in [-0.25, -0.2) is 14.3 Å². The quantitative estimate of drug-likeness (QED) is 0.106. The van der Waals surface area contributed by atoms with Crippen molar-refractivity contribution in [2.24, 2.45) is 0 Å². The molecule has 1 fully saturated rings. The van der Waals surface area contributed by atoms with E-state index in [4.69, 9.17) is 27.7 Å². The molecule has 13 nitrogen and oxygen atoms in total. The fourth-order valence-corrected chi connectivity index (χ4v) is 8.03. The third-order valence-electron chi connectivity index (χ3n) is 8.52. The summed E-state index contributed by atoms with van der Waals surface area (Å²) in [5.41, 5.74) is -0.554. The Balaban J connectivity index is 2.14. The Hall–Kier alpha value is -2.89. The van der Waals surface area contributed by atoms with Gasteiger partial charge < -0.3 is 27.7 Å². The third-order valence-corrected chi connectivity index (χ3v) is 15.1. The number of H-pyrrole nitrogens is 1. The molecule has 1 aliphatic rings. The smallest absolute Gasteiger partial charge is 0.338 e. The van der Waals surface area contributed by atoms with Crippen LogP contribution in [0.15, 0.2) is 40.1 Å². The Morgan fingerprint density at radius 1 is 1.12 bits per heavy atom. The van der Waals surface area contributed by atoms with E-state index in [0.29, 0.717) is 16.9 Å². The molecule has 0 spiro atoms. The molecule has 1 aromatic carbocycles. The molecule has 2 unspecified atom stereocenters. The summed E-state index contributed by atoms with van der Waals surface area (Å²) in [5.74, 6) is 0.0137. The van der Waals surface area contributed by atoms with Crippen LogP contribution in [0.25, 0.3) is 0 Å². The average Bonchev–Trinajstić information content (AvgIpc) is 3.32. The lowest BCUT2D eigenvalue weighted by molar-refractivity contribution is -0.0581. The van der Waals surface area contributed by atoms with Gasteiger partial charge in [0.05, 0.1) is 31.8 Å². The summed E-state index contributed by atoms with van der Waals surface area (Å²) in [6.45, 7) is 20.1. The van der Waals surface area contributed by atoms with Crippen molar-refractivity contribution in [3.63, 3.8) is 0 Å². The molecule has 3 rings (SSSR count). The summed E-state index contributed by atoms with van der Waals surface area (Å²) in [4.78, 5) is 41.2. The van der Waals surface area contributed by atoms with E-state index in [9.17, 15) is 19.6 Å². The van der Waals surface area contributed by atoms with Crippen LogP contribution in [0.3, 0.4) is 0 Å². The number of carbonyl (C=O) groups is 1. The molecule has 266 valence electrons. The first kappa shape index (κ1) is 39.5. The van der Waals surface area contributed by atoms with Crippen LogP contribution in [0.4, 0.5) is 0 Å². The lowest BCUT2D eigenvalue weighted by Crippen LogP contribution is -2.50. The zero-order valence-corrected chi connectivity index (χ0v) is 31.8. The van der Waals surface area contributed by atoms with Crippen molar-refractivity contribution in [1.82, 2.24) is 14.2 Å². The summed E-state index contributed by atoms with van der Waals surface area (Å²) in [6, 6.07) is 8.66. The molecule has 0 aliphatic carbocycles. The largest absolute Gasteiger partial charge is 0.497 e. The second-order valence-electron chi connectivity index (χ2n) is 13.8. The topological polar surface area (TPSA) is 154 Å². The van der Waals surface area contributed by atoms with Crippen molar-refractivity contribution in [2.75, 3.05) is 20.3 Å². The van der Waals surface area contributed by atoms with Gasteiger partial charge in [0.15, 0.2) is 14.5 Å². The molecule has 0 amide bonds. The van der Waals surface area contributed by atoms with Gasteiger partial charge in [0.2, 0.25) is 0 Å². The molecular formula is C33H51N4O9PSi. The third kappa shape index (κ3) is 9.63. The minimum Gasteiger partial charge on any atom is -0.497 e. The molecule has 0 radical (unpaired) electrons. The molecule has 2 aromatic rings. The van der Waals surface area contributed by atoms with Crippen LogP contribution in [0.2, 0.25) is 18.1 Å². The zero-order valence-electron chi connectivity index (χ0n) is 29.9. The van der Waals surface area contributed by atoms with E-state index in [-0.39, 0.29) is 36.8 Å². The number of methoxy groups -OCH3 is 1. The Bertz CT molecular complexity index is 1520. The molecule has 48 heavy (non-hydrogen) atoms. The van der Waals surface area contributed by atoms with Gasteiger partial charge >= 0.3 is 11.7 Å². The molecular weight excluding hydrogens is 655 g/mol. The Kier molecular flexibility index (Phi) is 13.7. The van der Waals surface area contributed by atoms with Gasteiger partial charge in [-0.1, -0.05) is 20.8 Å². The van der Waals surface area contributed by atoms with Crippen LogP contribution in [0, 0.1) is 18.3 Å². The van der Waals surface area contributed by atoms with Crippen molar-refractivity contribution in [3.8, 4) is 11.8 Å². The molecule has 2 heterocycles. The number of hydrogen-bond acceptors (Lipinski definition) is 11. The Morgan fingerprint density at radius 3 is 2.29 bits per heavy atom. The highest BCUT2D eigenvalue weighted by Gasteiger charge is 2.54. The predicted octanol–water partition coefficient (Wildman–Crippen LogP) is 5.66. The maximum Gasteiger partial charge on any atom is 0.338 e. The highest BCUT2D eigenvalue weighted by atomic mass is 31.2. The number of hydrogen-bond donors (Lipinski definition) is 1. The minimum absolute atomic E-state index is 0.00638. The molecule has 15 heteroatoms. The number of rotatable bonds is 15. The fourth-order valence-electron chi connectivity index (χ4n) is 4.98. The Morgan fingerprint density at radius 2 is 1.75 bits per heavy atom. The van der Waals surface area contributed by atoms with Crippen molar-refractivity contribution >= 4 is 22.8 Å². The Labute approximate surface area is 285 Å². The highest BCUT2D eigenvalue weighted by Crippen LogP contribution is 2.51. The predicted molar refractivity (Wildman–Crippen MR) is 185 cm³/mol. The van der Waals surface area contributed by atoms with Gasteiger partial charge in [-0.05, 0) is 77.0 Å². The number of benzene rings is 1. The molecule has 5 atom stereocenters. The number of aromatic amines is 1. The van der Waals surface area contributed by atoms with E-state index in [1.807, 2.05) is 27.7 Å². The highest BCUT2D eigenvalue weighted by molar-refractivity contribution is 7.44. The zero-order chi connectivity index (χ0) is 36.0. The van der Waals surface area contributed by atoms with E-state index in [1.165, 1.54) is 17.9 Å². The molecule has 1 saturated heterocycles. The SMILES string of the molecule is COc1ccc(C(=O)OC[C@H]2O[C@@H](n3cc(C)c(=O)[nH]c3=O)C(O[Si](C)(C)C(C)(C)C)[C@H]2OP(OCCC#N)N(C(C)C)C(C)C)cc1. The maximum atomic E-state index is 13.3. The van der Waals surface area contributed by atoms with E-state index in [2.05, 4.69) is 49.6 Å². The number of carbonyl (C=O) groups excluding carboxylic acids is 1. The number of ether oxygens (including phenoxy) is 3. The van der Waals surface area contributed by atoms with Crippen molar-refractivity contribution in [1.29, 1.82) is 5.26 Å². The average molecular weight is 707 g/mol. The summed E-state index contributed by atoms with van der Waals surface area (Å²) >= 11 is 0. The number of aromatic nitrogens is 2.